The molecule has 1 aromatic rings. The third-order valence-electron chi connectivity index (χ3n) is 6.72. The maximum absolute atomic E-state index is 13.0. The van der Waals surface area contributed by atoms with E-state index in [1.54, 1.807) is 0 Å². The van der Waals surface area contributed by atoms with Gasteiger partial charge in [-0.25, -0.2) is 0 Å². The van der Waals surface area contributed by atoms with Crippen molar-refractivity contribution in [2.45, 2.75) is 65.3 Å². The van der Waals surface area contributed by atoms with Gasteiger partial charge in [0.15, 0.2) is 0 Å². The lowest BCUT2D eigenvalue weighted by Crippen LogP contribution is -2.39. The average Bonchev–Trinajstić information content (AvgIpc) is 2.77. The minimum absolute atomic E-state index is 0.0196. The molecule has 0 aromatic heterocycles. The number of benzene rings is 1. The highest BCUT2D eigenvalue weighted by atomic mass is 16.2. The van der Waals surface area contributed by atoms with Crippen LogP contribution in [0.1, 0.15) is 74.7 Å². The molecule has 0 spiro atoms. The Kier molecular flexibility index (Phi) is 9.54. The third-order valence-corrected chi connectivity index (χ3v) is 6.72. The van der Waals surface area contributed by atoms with Crippen molar-refractivity contribution in [1.82, 2.24) is 15.5 Å². The summed E-state index contributed by atoms with van der Waals surface area (Å²) in [6.07, 6.45) is 8.13. The minimum atomic E-state index is -0.0553. The van der Waals surface area contributed by atoms with Gasteiger partial charge in [-0.15, -0.1) is 0 Å². The number of fused-ring (bicyclic) bond motifs is 1. The number of nitrogens with one attached hydrogen (secondary N) is 2. The van der Waals surface area contributed by atoms with Crippen molar-refractivity contribution in [1.29, 1.82) is 0 Å². The highest BCUT2D eigenvalue weighted by Gasteiger charge is 2.23. The fourth-order valence-corrected chi connectivity index (χ4v) is 4.84. The molecule has 0 radical (unpaired) electrons. The van der Waals surface area contributed by atoms with Crippen molar-refractivity contribution < 1.29 is 9.59 Å². The summed E-state index contributed by atoms with van der Waals surface area (Å²) in [6, 6.07) is 5.84. The Hall–Kier alpha value is -1.92. The number of hydrogen-bond donors (Lipinski definition) is 2. The molecule has 32 heavy (non-hydrogen) atoms. The second kappa shape index (κ2) is 12.4. The molecular formula is C26H42N4O2. The number of piperidine rings is 1. The fraction of sp³-hybridized carbons (Fsp3) is 0.692. The molecule has 0 bridgehead atoms. The van der Waals surface area contributed by atoms with Crippen LogP contribution in [0.15, 0.2) is 18.2 Å². The molecule has 2 heterocycles. The molecule has 1 atom stereocenters. The van der Waals surface area contributed by atoms with Crippen molar-refractivity contribution in [2.24, 2.45) is 11.8 Å². The molecule has 2 aliphatic rings. The lowest BCUT2D eigenvalue weighted by Gasteiger charge is -2.30. The number of amides is 2. The summed E-state index contributed by atoms with van der Waals surface area (Å²) in [5.74, 6) is 0.596. The van der Waals surface area contributed by atoms with Gasteiger partial charge in [0.1, 0.15) is 0 Å². The largest absolute Gasteiger partial charge is 0.352 e. The summed E-state index contributed by atoms with van der Waals surface area (Å²) in [5, 5.41) is 6.68. The summed E-state index contributed by atoms with van der Waals surface area (Å²) in [4.78, 5) is 30.2. The molecule has 6 nitrogen and oxygen atoms in total. The van der Waals surface area contributed by atoms with Crippen LogP contribution in [-0.2, 0) is 11.3 Å². The van der Waals surface area contributed by atoms with E-state index >= 15 is 0 Å². The predicted octanol–water partition coefficient (Wildman–Crippen LogP) is 3.80. The summed E-state index contributed by atoms with van der Waals surface area (Å²) in [7, 11) is 2.15. The van der Waals surface area contributed by atoms with Crippen LogP contribution in [0.2, 0.25) is 0 Å². The minimum Gasteiger partial charge on any atom is -0.352 e. The Morgan fingerprint density at radius 3 is 2.66 bits per heavy atom. The van der Waals surface area contributed by atoms with Crippen LogP contribution in [0.4, 0.5) is 5.69 Å². The maximum atomic E-state index is 13.0. The number of nitrogens with zero attached hydrogens (tertiary/aromatic N) is 2. The molecule has 0 aliphatic carbocycles. The van der Waals surface area contributed by atoms with Gasteiger partial charge in [-0.1, -0.05) is 33.1 Å². The van der Waals surface area contributed by atoms with Crippen molar-refractivity contribution in [2.75, 3.05) is 44.7 Å². The normalized spacial score (nSPS) is 21.4. The first-order valence-corrected chi connectivity index (χ1v) is 12.6. The van der Waals surface area contributed by atoms with Gasteiger partial charge in [0.25, 0.3) is 5.91 Å². The first-order chi connectivity index (χ1) is 15.5. The second-order valence-corrected chi connectivity index (χ2v) is 9.91. The Morgan fingerprint density at radius 2 is 1.88 bits per heavy atom. The number of hydrogen-bond acceptors (Lipinski definition) is 4. The zero-order chi connectivity index (χ0) is 22.9. The van der Waals surface area contributed by atoms with E-state index in [-0.39, 0.29) is 17.7 Å². The van der Waals surface area contributed by atoms with Crippen LogP contribution >= 0.6 is 0 Å². The van der Waals surface area contributed by atoms with Gasteiger partial charge in [-0.2, -0.15) is 0 Å². The standard InChI is InChI=1S/C26H42N4O2/c1-20(2)26(32)30-15-8-6-4-5-7-13-27-18-23-16-22(11-12-24(23)30)25(31)28-17-21-10-9-14-29(3)19-21/h11-12,16,20-21,27H,4-10,13-15,17-19H2,1-3H3,(H,28,31). The van der Waals surface area contributed by atoms with Gasteiger partial charge in [0.2, 0.25) is 5.91 Å². The summed E-state index contributed by atoms with van der Waals surface area (Å²) < 4.78 is 0. The van der Waals surface area contributed by atoms with Gasteiger partial charge in [-0.3, -0.25) is 9.59 Å². The predicted molar refractivity (Wildman–Crippen MR) is 131 cm³/mol. The van der Waals surface area contributed by atoms with Crippen LogP contribution in [0.5, 0.6) is 0 Å². The van der Waals surface area contributed by atoms with Gasteiger partial charge in [0.05, 0.1) is 0 Å². The molecule has 3 rings (SSSR count). The average molecular weight is 443 g/mol. The van der Waals surface area contributed by atoms with Crippen LogP contribution < -0.4 is 15.5 Å². The summed E-state index contributed by atoms with van der Waals surface area (Å²) >= 11 is 0. The molecule has 2 amide bonds. The molecule has 6 heteroatoms. The van der Waals surface area contributed by atoms with E-state index in [2.05, 4.69) is 22.6 Å². The summed E-state index contributed by atoms with van der Waals surface area (Å²) in [6.45, 7) is 9.20. The van der Waals surface area contributed by atoms with E-state index in [1.807, 2.05) is 36.9 Å². The highest BCUT2D eigenvalue weighted by molar-refractivity contribution is 5.98. The lowest BCUT2D eigenvalue weighted by molar-refractivity contribution is -0.121. The molecule has 0 saturated carbocycles. The monoisotopic (exact) mass is 442 g/mol. The topological polar surface area (TPSA) is 64.7 Å². The molecule has 1 fully saturated rings. The van der Waals surface area contributed by atoms with Crippen LogP contribution in [0.25, 0.3) is 0 Å². The Bertz CT molecular complexity index is 764. The van der Waals surface area contributed by atoms with E-state index in [0.717, 1.165) is 56.8 Å². The SMILES string of the molecule is CC(C)C(=O)N1CCCCCCCNCc2cc(C(=O)NCC3CCCN(C)C3)ccc21. The van der Waals surface area contributed by atoms with Crippen molar-refractivity contribution >= 4 is 17.5 Å². The molecular weight excluding hydrogens is 400 g/mol. The van der Waals surface area contributed by atoms with Crippen LogP contribution in [-0.4, -0.2) is 56.5 Å². The van der Waals surface area contributed by atoms with E-state index in [4.69, 9.17) is 0 Å². The highest BCUT2D eigenvalue weighted by Crippen LogP contribution is 2.26. The van der Waals surface area contributed by atoms with Crippen molar-refractivity contribution in [3.63, 3.8) is 0 Å². The maximum Gasteiger partial charge on any atom is 0.251 e. The number of rotatable bonds is 4. The van der Waals surface area contributed by atoms with Crippen molar-refractivity contribution in [3.05, 3.63) is 29.3 Å². The van der Waals surface area contributed by atoms with Crippen molar-refractivity contribution in [3.8, 4) is 0 Å². The van der Waals surface area contributed by atoms with E-state index in [9.17, 15) is 9.59 Å². The number of anilines is 1. The quantitative estimate of drug-likeness (QED) is 0.744. The molecule has 1 unspecified atom stereocenters. The zero-order valence-corrected chi connectivity index (χ0v) is 20.3. The Morgan fingerprint density at radius 1 is 1.09 bits per heavy atom. The molecule has 2 N–H and O–H groups in total. The first-order valence-electron chi connectivity index (χ1n) is 12.6. The second-order valence-electron chi connectivity index (χ2n) is 9.91. The van der Waals surface area contributed by atoms with Crippen LogP contribution in [0, 0.1) is 11.8 Å². The van der Waals surface area contributed by atoms with E-state index in [1.165, 1.54) is 32.1 Å². The van der Waals surface area contributed by atoms with E-state index < -0.39 is 0 Å². The Balaban J connectivity index is 1.77. The number of likely N-dealkylation sites (tertiary alicyclic amines) is 1. The van der Waals surface area contributed by atoms with Gasteiger partial charge in [0, 0.05) is 43.3 Å². The molecule has 1 saturated heterocycles. The lowest BCUT2D eigenvalue weighted by atomic mass is 9.98. The van der Waals surface area contributed by atoms with E-state index in [0.29, 0.717) is 18.0 Å². The summed E-state index contributed by atoms with van der Waals surface area (Å²) in [5.41, 5.74) is 2.66. The van der Waals surface area contributed by atoms with Gasteiger partial charge in [-0.05, 0) is 75.5 Å². The zero-order valence-electron chi connectivity index (χ0n) is 20.3. The van der Waals surface area contributed by atoms with Gasteiger partial charge >= 0.3 is 0 Å². The number of carbonyl (C=O) groups is 2. The van der Waals surface area contributed by atoms with Gasteiger partial charge < -0.3 is 20.4 Å². The smallest absolute Gasteiger partial charge is 0.251 e. The number of carbonyl (C=O) groups excluding carboxylic acids is 2. The first kappa shape index (κ1) is 24.7. The molecule has 2 aliphatic heterocycles. The Labute approximate surface area is 194 Å². The fourth-order valence-electron chi connectivity index (χ4n) is 4.84. The molecule has 178 valence electrons. The van der Waals surface area contributed by atoms with Crippen LogP contribution in [0.3, 0.4) is 0 Å². The molecule has 1 aromatic carbocycles. The third kappa shape index (κ3) is 7.04.